The Morgan fingerprint density at radius 3 is 3.00 bits per heavy atom. The number of carbonyl (C=O) groups is 1. The summed E-state index contributed by atoms with van der Waals surface area (Å²) in [5, 5.41) is 6.30. The van der Waals surface area contributed by atoms with Crippen LogP contribution in [0.15, 0.2) is 24.3 Å². The molecule has 0 aromatic heterocycles. The van der Waals surface area contributed by atoms with Gasteiger partial charge in [0, 0.05) is 13.1 Å². The van der Waals surface area contributed by atoms with Crippen molar-refractivity contribution in [3.63, 3.8) is 0 Å². The first kappa shape index (κ1) is 12.1. The highest BCUT2D eigenvalue weighted by Crippen LogP contribution is 2.11. The van der Waals surface area contributed by atoms with Crippen molar-refractivity contribution in [2.24, 2.45) is 5.92 Å². The van der Waals surface area contributed by atoms with Crippen LogP contribution in [-0.4, -0.2) is 19.0 Å². The topological polar surface area (TPSA) is 41.1 Å². The smallest absolute Gasteiger partial charge is 0.224 e. The highest BCUT2D eigenvalue weighted by molar-refractivity contribution is 5.79. The molecule has 1 saturated heterocycles. The minimum Gasteiger partial charge on any atom is -0.352 e. The molecule has 1 atom stereocenters. The summed E-state index contributed by atoms with van der Waals surface area (Å²) in [4.78, 5) is 11.9. The molecule has 3 heteroatoms. The third kappa shape index (κ3) is 3.30. The second-order valence-corrected chi connectivity index (χ2v) is 4.69. The first-order chi connectivity index (χ1) is 8.27. The fraction of sp³-hybridized carbons (Fsp3) is 0.500. The molecule has 0 spiro atoms. The molecule has 1 fully saturated rings. The molecule has 1 aliphatic heterocycles. The van der Waals surface area contributed by atoms with Crippen LogP contribution in [0.4, 0.5) is 0 Å². The maximum absolute atomic E-state index is 11.9. The second-order valence-electron chi connectivity index (χ2n) is 4.69. The Hall–Kier alpha value is -1.35. The third-order valence-electron chi connectivity index (χ3n) is 3.38. The van der Waals surface area contributed by atoms with Crippen LogP contribution in [0.3, 0.4) is 0 Å². The number of hydrogen-bond acceptors (Lipinski definition) is 2. The van der Waals surface area contributed by atoms with Crippen LogP contribution in [0.25, 0.3) is 0 Å². The standard InChI is InChI=1S/C14H20N2O/c1-11-5-2-3-6-12(11)10-16-14(17)13-7-4-8-15-9-13/h2-3,5-6,13,15H,4,7-10H2,1H3,(H,16,17)/t13-/m0/s1. The van der Waals surface area contributed by atoms with Crippen molar-refractivity contribution in [3.05, 3.63) is 35.4 Å². The summed E-state index contributed by atoms with van der Waals surface area (Å²) in [5.74, 6) is 0.327. The highest BCUT2D eigenvalue weighted by atomic mass is 16.1. The molecule has 2 N–H and O–H groups in total. The molecule has 1 amide bonds. The fourth-order valence-corrected chi connectivity index (χ4v) is 2.21. The van der Waals surface area contributed by atoms with Crippen LogP contribution in [0.1, 0.15) is 24.0 Å². The maximum Gasteiger partial charge on any atom is 0.224 e. The van der Waals surface area contributed by atoms with Gasteiger partial charge in [0.05, 0.1) is 5.92 Å². The van der Waals surface area contributed by atoms with Gasteiger partial charge in [-0.2, -0.15) is 0 Å². The molecule has 0 radical (unpaired) electrons. The minimum absolute atomic E-state index is 0.146. The summed E-state index contributed by atoms with van der Waals surface area (Å²) in [6.07, 6.45) is 2.11. The summed E-state index contributed by atoms with van der Waals surface area (Å²) in [6.45, 7) is 4.58. The number of amides is 1. The molecule has 1 heterocycles. The average Bonchev–Trinajstić information content (AvgIpc) is 2.38. The maximum atomic E-state index is 11.9. The Bertz CT molecular complexity index is 384. The zero-order valence-corrected chi connectivity index (χ0v) is 10.3. The quantitative estimate of drug-likeness (QED) is 0.831. The Labute approximate surface area is 103 Å². The van der Waals surface area contributed by atoms with E-state index >= 15 is 0 Å². The van der Waals surface area contributed by atoms with Gasteiger partial charge in [-0.1, -0.05) is 24.3 Å². The van der Waals surface area contributed by atoms with E-state index in [1.807, 2.05) is 12.1 Å². The van der Waals surface area contributed by atoms with Crippen molar-refractivity contribution in [2.75, 3.05) is 13.1 Å². The van der Waals surface area contributed by atoms with Crippen molar-refractivity contribution >= 4 is 5.91 Å². The van der Waals surface area contributed by atoms with Gasteiger partial charge in [-0.3, -0.25) is 4.79 Å². The summed E-state index contributed by atoms with van der Waals surface area (Å²) in [6, 6.07) is 8.17. The molecule has 1 aromatic rings. The van der Waals surface area contributed by atoms with E-state index in [1.165, 1.54) is 11.1 Å². The molecule has 0 saturated carbocycles. The van der Waals surface area contributed by atoms with Crippen molar-refractivity contribution in [1.29, 1.82) is 0 Å². The van der Waals surface area contributed by atoms with Crippen LogP contribution >= 0.6 is 0 Å². The lowest BCUT2D eigenvalue weighted by atomic mass is 9.98. The number of benzene rings is 1. The van der Waals surface area contributed by atoms with Crippen LogP contribution in [0.2, 0.25) is 0 Å². The van der Waals surface area contributed by atoms with Crippen molar-refractivity contribution in [3.8, 4) is 0 Å². The molecule has 2 rings (SSSR count). The van der Waals surface area contributed by atoms with E-state index in [4.69, 9.17) is 0 Å². The van der Waals surface area contributed by atoms with E-state index in [1.54, 1.807) is 0 Å². The van der Waals surface area contributed by atoms with Crippen LogP contribution in [0.5, 0.6) is 0 Å². The summed E-state index contributed by atoms with van der Waals surface area (Å²) in [5.41, 5.74) is 2.43. The van der Waals surface area contributed by atoms with Crippen LogP contribution in [-0.2, 0) is 11.3 Å². The van der Waals surface area contributed by atoms with Crippen molar-refractivity contribution in [2.45, 2.75) is 26.3 Å². The van der Waals surface area contributed by atoms with Gasteiger partial charge >= 0.3 is 0 Å². The zero-order valence-electron chi connectivity index (χ0n) is 10.3. The van der Waals surface area contributed by atoms with Gasteiger partial charge in [-0.05, 0) is 37.4 Å². The molecule has 0 aliphatic carbocycles. The van der Waals surface area contributed by atoms with Gasteiger partial charge in [0.25, 0.3) is 0 Å². The minimum atomic E-state index is 0.146. The number of aryl methyl sites for hydroxylation is 1. The van der Waals surface area contributed by atoms with Crippen molar-refractivity contribution < 1.29 is 4.79 Å². The lowest BCUT2D eigenvalue weighted by Gasteiger charge is -2.22. The van der Waals surface area contributed by atoms with E-state index in [2.05, 4.69) is 29.7 Å². The van der Waals surface area contributed by atoms with Crippen LogP contribution in [0, 0.1) is 12.8 Å². The van der Waals surface area contributed by atoms with Gasteiger partial charge < -0.3 is 10.6 Å². The average molecular weight is 232 g/mol. The van der Waals surface area contributed by atoms with Crippen LogP contribution < -0.4 is 10.6 Å². The van der Waals surface area contributed by atoms with Gasteiger partial charge in [-0.25, -0.2) is 0 Å². The lowest BCUT2D eigenvalue weighted by Crippen LogP contribution is -2.40. The molecule has 0 unspecified atom stereocenters. The van der Waals surface area contributed by atoms with Crippen molar-refractivity contribution in [1.82, 2.24) is 10.6 Å². The van der Waals surface area contributed by atoms with E-state index in [0.29, 0.717) is 6.54 Å². The number of hydrogen-bond donors (Lipinski definition) is 2. The second kappa shape index (κ2) is 5.82. The van der Waals surface area contributed by atoms with Gasteiger partial charge in [0.2, 0.25) is 5.91 Å². The summed E-state index contributed by atoms with van der Waals surface area (Å²) >= 11 is 0. The lowest BCUT2D eigenvalue weighted by molar-refractivity contribution is -0.125. The van der Waals surface area contributed by atoms with E-state index < -0.39 is 0 Å². The summed E-state index contributed by atoms with van der Waals surface area (Å²) < 4.78 is 0. The largest absolute Gasteiger partial charge is 0.352 e. The normalized spacial score (nSPS) is 19.9. The third-order valence-corrected chi connectivity index (χ3v) is 3.38. The Balaban J connectivity index is 1.85. The molecule has 1 aliphatic rings. The number of piperidine rings is 1. The molecule has 17 heavy (non-hydrogen) atoms. The first-order valence-corrected chi connectivity index (χ1v) is 6.30. The molecular formula is C14H20N2O. The Morgan fingerprint density at radius 2 is 2.29 bits per heavy atom. The summed E-state index contributed by atoms with van der Waals surface area (Å²) in [7, 11) is 0. The number of nitrogens with one attached hydrogen (secondary N) is 2. The molecule has 1 aromatic carbocycles. The fourth-order valence-electron chi connectivity index (χ4n) is 2.21. The van der Waals surface area contributed by atoms with E-state index in [9.17, 15) is 4.79 Å². The van der Waals surface area contributed by atoms with Gasteiger partial charge in [0.15, 0.2) is 0 Å². The predicted octanol–water partition coefficient (Wildman–Crippen LogP) is 1.61. The molecule has 0 bridgehead atoms. The SMILES string of the molecule is Cc1ccccc1CNC(=O)[C@H]1CCCNC1. The van der Waals surface area contributed by atoms with E-state index in [0.717, 1.165) is 25.9 Å². The molecule has 92 valence electrons. The molecule has 3 nitrogen and oxygen atoms in total. The zero-order chi connectivity index (χ0) is 12.1. The molecular weight excluding hydrogens is 212 g/mol. The van der Waals surface area contributed by atoms with Gasteiger partial charge in [-0.15, -0.1) is 0 Å². The first-order valence-electron chi connectivity index (χ1n) is 6.30. The number of rotatable bonds is 3. The predicted molar refractivity (Wildman–Crippen MR) is 68.6 cm³/mol. The monoisotopic (exact) mass is 232 g/mol. The highest BCUT2D eigenvalue weighted by Gasteiger charge is 2.20. The Kier molecular flexibility index (Phi) is 4.15. The Morgan fingerprint density at radius 1 is 1.47 bits per heavy atom. The van der Waals surface area contributed by atoms with Gasteiger partial charge in [0.1, 0.15) is 0 Å². The number of carbonyl (C=O) groups excluding carboxylic acids is 1. The van der Waals surface area contributed by atoms with E-state index in [-0.39, 0.29) is 11.8 Å².